The van der Waals surface area contributed by atoms with Gasteiger partial charge < -0.3 is 4.90 Å². The molecule has 0 aliphatic heterocycles. The molecular formula is C62H39NS. The smallest absolute Gasteiger partial charge is 0.0726 e. The lowest BCUT2D eigenvalue weighted by Crippen LogP contribution is -2.28. The third-order valence-electron chi connectivity index (χ3n) is 14.6. The number of benzene rings is 10. The van der Waals surface area contributed by atoms with E-state index in [1.165, 1.54) is 104 Å². The van der Waals surface area contributed by atoms with Gasteiger partial charge in [-0.1, -0.05) is 194 Å². The molecule has 298 valence electrons. The fourth-order valence-electron chi connectivity index (χ4n) is 12.2. The van der Waals surface area contributed by atoms with E-state index in [1.807, 2.05) is 11.3 Å². The predicted molar refractivity (Wildman–Crippen MR) is 268 cm³/mol. The van der Waals surface area contributed by atoms with Crippen LogP contribution in [-0.2, 0) is 10.8 Å². The molecule has 1 spiro atoms. The maximum Gasteiger partial charge on any atom is 0.0726 e. The summed E-state index contributed by atoms with van der Waals surface area (Å²) in [5, 5.41) is 2.58. The van der Waals surface area contributed by atoms with Crippen molar-refractivity contribution in [3.8, 4) is 33.4 Å². The van der Waals surface area contributed by atoms with E-state index in [-0.39, 0.29) is 0 Å². The molecule has 14 rings (SSSR count). The third kappa shape index (κ3) is 4.57. The van der Waals surface area contributed by atoms with Gasteiger partial charge in [-0.15, -0.1) is 11.3 Å². The molecule has 64 heavy (non-hydrogen) atoms. The van der Waals surface area contributed by atoms with E-state index in [9.17, 15) is 0 Å². The minimum Gasteiger partial charge on any atom is -0.310 e. The summed E-state index contributed by atoms with van der Waals surface area (Å²) in [5.74, 6) is 0. The molecule has 0 saturated heterocycles. The number of rotatable bonds is 5. The number of fused-ring (bicyclic) bond motifs is 16. The molecule has 0 unspecified atom stereocenters. The highest BCUT2D eigenvalue weighted by atomic mass is 32.1. The van der Waals surface area contributed by atoms with Crippen molar-refractivity contribution < 1.29 is 0 Å². The van der Waals surface area contributed by atoms with Crippen LogP contribution in [0, 0.1) is 0 Å². The highest BCUT2D eigenvalue weighted by molar-refractivity contribution is 7.25. The summed E-state index contributed by atoms with van der Waals surface area (Å²) in [6.45, 7) is 0. The van der Waals surface area contributed by atoms with Crippen molar-refractivity contribution in [2.75, 3.05) is 4.90 Å². The molecule has 11 aromatic rings. The van der Waals surface area contributed by atoms with Gasteiger partial charge in [0.1, 0.15) is 0 Å². The first-order chi connectivity index (χ1) is 31.8. The summed E-state index contributed by atoms with van der Waals surface area (Å²) in [7, 11) is 0. The van der Waals surface area contributed by atoms with E-state index < -0.39 is 10.8 Å². The van der Waals surface area contributed by atoms with Crippen molar-refractivity contribution in [1.29, 1.82) is 0 Å². The Morgan fingerprint density at radius 3 is 1.44 bits per heavy atom. The van der Waals surface area contributed by atoms with Gasteiger partial charge in [0.25, 0.3) is 0 Å². The van der Waals surface area contributed by atoms with Crippen LogP contribution in [0.25, 0.3) is 53.6 Å². The molecule has 0 radical (unpaired) electrons. The van der Waals surface area contributed by atoms with Crippen molar-refractivity contribution >= 4 is 48.6 Å². The van der Waals surface area contributed by atoms with Crippen LogP contribution in [0.15, 0.2) is 237 Å². The van der Waals surface area contributed by atoms with Crippen LogP contribution in [0.3, 0.4) is 0 Å². The van der Waals surface area contributed by atoms with E-state index in [1.54, 1.807) is 0 Å². The van der Waals surface area contributed by atoms with E-state index in [0.717, 1.165) is 11.4 Å². The number of nitrogens with zero attached hydrogens (tertiary/aromatic N) is 1. The standard InChI is InChI=1S/C62H39NS/c1-3-18-40(19-4-1)61(41-20-5-2-6-21-41)51-27-12-9-24-46(51)49-38-42(34-36-55(49)61)63(43-35-37-59-50(39-43)47-25-11-16-33-58(47)64-59)57-32-17-31-56-60(57)48-26-10-15-30-54(48)62(56)52-28-13-7-22-44(52)45-23-8-14-29-53(45)62/h1-39H. The molecule has 3 aliphatic rings. The first kappa shape index (κ1) is 35.8. The van der Waals surface area contributed by atoms with Gasteiger partial charge >= 0.3 is 0 Å². The lowest BCUT2D eigenvalue weighted by Gasteiger charge is -2.34. The maximum atomic E-state index is 2.56. The van der Waals surface area contributed by atoms with Crippen LogP contribution < -0.4 is 4.90 Å². The second-order valence-corrected chi connectivity index (χ2v) is 18.5. The highest BCUT2D eigenvalue weighted by Crippen LogP contribution is 2.65. The monoisotopic (exact) mass is 829 g/mol. The van der Waals surface area contributed by atoms with Gasteiger partial charge in [0.2, 0.25) is 0 Å². The molecule has 0 atom stereocenters. The Morgan fingerprint density at radius 1 is 0.297 bits per heavy atom. The van der Waals surface area contributed by atoms with Crippen molar-refractivity contribution in [2.45, 2.75) is 10.8 Å². The summed E-state index contributed by atoms with van der Waals surface area (Å²) in [4.78, 5) is 2.56. The van der Waals surface area contributed by atoms with Crippen LogP contribution >= 0.6 is 11.3 Å². The van der Waals surface area contributed by atoms with Crippen molar-refractivity contribution in [1.82, 2.24) is 0 Å². The van der Waals surface area contributed by atoms with Gasteiger partial charge in [0.05, 0.1) is 16.5 Å². The number of hydrogen-bond donors (Lipinski definition) is 0. The number of anilines is 3. The van der Waals surface area contributed by atoms with Crippen molar-refractivity contribution in [3.63, 3.8) is 0 Å². The molecule has 2 heteroatoms. The molecule has 0 amide bonds. The van der Waals surface area contributed by atoms with E-state index in [0.29, 0.717) is 0 Å². The molecule has 0 bridgehead atoms. The number of hydrogen-bond acceptors (Lipinski definition) is 2. The van der Waals surface area contributed by atoms with Gasteiger partial charge in [-0.25, -0.2) is 0 Å². The maximum absolute atomic E-state index is 2.56. The van der Waals surface area contributed by atoms with Gasteiger partial charge in [0, 0.05) is 37.1 Å². The highest BCUT2D eigenvalue weighted by Gasteiger charge is 2.52. The van der Waals surface area contributed by atoms with Gasteiger partial charge in [-0.2, -0.15) is 0 Å². The Balaban J connectivity index is 1.07. The fourth-order valence-corrected chi connectivity index (χ4v) is 13.3. The Hall–Kier alpha value is -7.78. The molecule has 0 saturated carbocycles. The molecule has 3 aliphatic carbocycles. The molecule has 0 N–H and O–H groups in total. The summed E-state index contributed by atoms with van der Waals surface area (Å²) in [6.07, 6.45) is 0. The topological polar surface area (TPSA) is 3.24 Å². The van der Waals surface area contributed by atoms with Crippen molar-refractivity contribution in [3.05, 3.63) is 281 Å². The van der Waals surface area contributed by atoms with Crippen LogP contribution in [-0.4, -0.2) is 0 Å². The Labute approximate surface area is 376 Å². The van der Waals surface area contributed by atoms with Crippen LogP contribution in [0.1, 0.15) is 44.5 Å². The number of thiophene rings is 1. The average molecular weight is 830 g/mol. The Morgan fingerprint density at radius 2 is 0.766 bits per heavy atom. The van der Waals surface area contributed by atoms with Crippen LogP contribution in [0.5, 0.6) is 0 Å². The summed E-state index contributed by atoms with van der Waals surface area (Å²) < 4.78 is 2.61. The largest absolute Gasteiger partial charge is 0.310 e. The minimum absolute atomic E-state index is 0.448. The average Bonchev–Trinajstić information content (AvgIpc) is 4.07. The second kappa shape index (κ2) is 13.4. The first-order valence-electron chi connectivity index (χ1n) is 22.3. The van der Waals surface area contributed by atoms with Crippen LogP contribution in [0.2, 0.25) is 0 Å². The molecule has 1 nitrogen and oxygen atoms in total. The minimum atomic E-state index is -0.477. The fraction of sp³-hybridized carbons (Fsp3) is 0.0323. The lowest BCUT2D eigenvalue weighted by atomic mass is 9.68. The van der Waals surface area contributed by atoms with Crippen molar-refractivity contribution in [2.24, 2.45) is 0 Å². The molecule has 10 aromatic carbocycles. The van der Waals surface area contributed by atoms with Gasteiger partial charge in [-0.3, -0.25) is 0 Å². The quantitative estimate of drug-likeness (QED) is 0.167. The normalized spacial score (nSPS) is 14.2. The summed E-state index contributed by atoms with van der Waals surface area (Å²) in [6, 6.07) is 89.0. The lowest BCUT2D eigenvalue weighted by molar-refractivity contribution is 0.768. The third-order valence-corrected chi connectivity index (χ3v) is 15.7. The van der Waals surface area contributed by atoms with E-state index in [2.05, 4.69) is 241 Å². The second-order valence-electron chi connectivity index (χ2n) is 17.5. The zero-order valence-electron chi connectivity index (χ0n) is 34.9. The summed E-state index contributed by atoms with van der Waals surface area (Å²) in [5.41, 5.74) is 20.8. The van der Waals surface area contributed by atoms with E-state index in [4.69, 9.17) is 0 Å². The zero-order chi connectivity index (χ0) is 42.0. The molecule has 0 fully saturated rings. The first-order valence-corrected chi connectivity index (χ1v) is 23.1. The van der Waals surface area contributed by atoms with E-state index >= 15 is 0 Å². The predicted octanol–water partition coefficient (Wildman–Crippen LogP) is 16.2. The zero-order valence-corrected chi connectivity index (χ0v) is 35.7. The van der Waals surface area contributed by atoms with Crippen LogP contribution in [0.4, 0.5) is 17.1 Å². The SMILES string of the molecule is c1ccc(C2(c3ccccc3)c3ccccc3-c3cc(N(c4ccc5sc6ccccc6c5c4)c4cccc5c4-c4ccccc4C54c5ccccc5-c5ccccc54)ccc32)cc1. The molecule has 1 heterocycles. The Kier molecular flexibility index (Phi) is 7.47. The summed E-state index contributed by atoms with van der Waals surface area (Å²) >= 11 is 1.87. The molecular weight excluding hydrogens is 791 g/mol. The Bertz CT molecular complexity index is 3610. The van der Waals surface area contributed by atoms with Gasteiger partial charge in [0.15, 0.2) is 0 Å². The molecule has 1 aromatic heterocycles. The van der Waals surface area contributed by atoms with Gasteiger partial charge in [-0.05, 0) is 115 Å².